The molecule has 2 nitrogen and oxygen atoms in total. The zero-order valence-corrected chi connectivity index (χ0v) is 26.5. The molecule has 0 bridgehead atoms. The van der Waals surface area contributed by atoms with Crippen molar-refractivity contribution in [3.8, 4) is 11.1 Å². The highest BCUT2D eigenvalue weighted by molar-refractivity contribution is 7.25. The van der Waals surface area contributed by atoms with E-state index < -0.39 is 0 Å². The van der Waals surface area contributed by atoms with Crippen LogP contribution < -0.4 is 9.80 Å². The van der Waals surface area contributed by atoms with Crippen LogP contribution in [0.4, 0.5) is 34.1 Å². The molecule has 8 aromatic rings. The quantitative estimate of drug-likeness (QED) is 0.173. The smallest absolute Gasteiger partial charge is 0.0482 e. The third-order valence-corrected chi connectivity index (χ3v) is 9.65. The predicted molar refractivity (Wildman–Crippen MR) is 199 cm³/mol. The minimum absolute atomic E-state index is 0.700. The zero-order valence-electron chi connectivity index (χ0n) is 24.9. The lowest BCUT2D eigenvalue weighted by Crippen LogP contribution is -2.13. The zero-order chi connectivity index (χ0) is 30.9. The molecule has 7 aromatic carbocycles. The predicted octanol–water partition coefficient (Wildman–Crippen LogP) is 13.3. The van der Waals surface area contributed by atoms with Crippen molar-refractivity contribution in [1.29, 1.82) is 0 Å². The topological polar surface area (TPSA) is 6.48 Å². The Morgan fingerprint density at radius 2 is 0.848 bits per heavy atom. The van der Waals surface area contributed by atoms with E-state index in [0.717, 1.165) is 34.1 Å². The number of anilines is 6. The number of hydrogen-bond donors (Lipinski definition) is 0. The summed E-state index contributed by atoms with van der Waals surface area (Å²) in [5.74, 6) is 0. The highest BCUT2D eigenvalue weighted by Gasteiger charge is 2.18. The molecule has 1 aromatic heterocycles. The Kier molecular flexibility index (Phi) is 7.47. The van der Waals surface area contributed by atoms with Crippen LogP contribution in [0.25, 0.3) is 31.3 Å². The first-order valence-corrected chi connectivity index (χ1v) is 16.5. The molecule has 0 saturated heterocycles. The van der Waals surface area contributed by atoms with E-state index in [1.807, 2.05) is 29.5 Å². The summed E-state index contributed by atoms with van der Waals surface area (Å²) < 4.78 is 2.55. The maximum Gasteiger partial charge on any atom is 0.0482 e. The van der Waals surface area contributed by atoms with Crippen LogP contribution in [0.5, 0.6) is 0 Å². The SMILES string of the molecule is Clc1cccc(N(c2cccc(N(c3ccccc3)c3ccc(-c4ccccc4)cc3)c2)c2ccc3c(c2)sc2ccccc23)c1. The summed E-state index contributed by atoms with van der Waals surface area (Å²) in [6.45, 7) is 0. The fourth-order valence-corrected chi connectivity index (χ4v) is 7.47. The molecule has 0 aliphatic carbocycles. The summed E-state index contributed by atoms with van der Waals surface area (Å²) in [4.78, 5) is 4.60. The molecule has 4 heteroatoms. The van der Waals surface area contributed by atoms with Crippen molar-refractivity contribution >= 4 is 77.2 Å². The van der Waals surface area contributed by atoms with E-state index >= 15 is 0 Å². The molecule has 220 valence electrons. The van der Waals surface area contributed by atoms with E-state index in [9.17, 15) is 0 Å². The summed E-state index contributed by atoms with van der Waals surface area (Å²) in [6, 6.07) is 62.0. The molecule has 0 fully saturated rings. The van der Waals surface area contributed by atoms with E-state index in [2.05, 4.69) is 168 Å². The van der Waals surface area contributed by atoms with Crippen LogP contribution >= 0.6 is 22.9 Å². The van der Waals surface area contributed by atoms with Crippen molar-refractivity contribution in [2.75, 3.05) is 9.80 Å². The number of para-hydroxylation sites is 1. The van der Waals surface area contributed by atoms with Crippen molar-refractivity contribution in [3.05, 3.63) is 181 Å². The molecule has 0 aliphatic rings. The van der Waals surface area contributed by atoms with Crippen molar-refractivity contribution in [2.45, 2.75) is 0 Å². The Morgan fingerprint density at radius 1 is 0.348 bits per heavy atom. The molecule has 0 saturated carbocycles. The van der Waals surface area contributed by atoms with E-state index in [1.54, 1.807) is 0 Å². The fourth-order valence-electron chi connectivity index (χ4n) is 6.15. The van der Waals surface area contributed by atoms with Gasteiger partial charge < -0.3 is 9.80 Å². The average Bonchev–Trinajstić information content (AvgIpc) is 3.48. The van der Waals surface area contributed by atoms with E-state index in [0.29, 0.717) is 5.02 Å². The first-order valence-electron chi connectivity index (χ1n) is 15.3. The van der Waals surface area contributed by atoms with Crippen molar-refractivity contribution in [2.24, 2.45) is 0 Å². The lowest BCUT2D eigenvalue weighted by molar-refractivity contribution is 1.25. The maximum atomic E-state index is 6.58. The van der Waals surface area contributed by atoms with Gasteiger partial charge in [0.1, 0.15) is 0 Å². The molecule has 0 amide bonds. The summed E-state index contributed by atoms with van der Waals surface area (Å²) in [7, 11) is 0. The van der Waals surface area contributed by atoms with E-state index in [1.165, 1.54) is 31.3 Å². The third kappa shape index (κ3) is 5.41. The second-order valence-corrected chi connectivity index (χ2v) is 12.7. The number of nitrogens with zero attached hydrogens (tertiary/aromatic N) is 2. The van der Waals surface area contributed by atoms with Gasteiger partial charge in [-0.3, -0.25) is 0 Å². The molecule has 46 heavy (non-hydrogen) atoms. The van der Waals surface area contributed by atoms with Crippen molar-refractivity contribution in [1.82, 2.24) is 0 Å². The van der Waals surface area contributed by atoms with Crippen LogP contribution in [0.15, 0.2) is 176 Å². The normalized spacial score (nSPS) is 11.2. The summed E-state index contributed by atoms with van der Waals surface area (Å²) in [6.07, 6.45) is 0. The average molecular weight is 629 g/mol. The van der Waals surface area contributed by atoms with Crippen LogP contribution in [0, 0.1) is 0 Å². The molecule has 0 unspecified atom stereocenters. The molecule has 0 spiro atoms. The van der Waals surface area contributed by atoms with Gasteiger partial charge >= 0.3 is 0 Å². The minimum atomic E-state index is 0.700. The van der Waals surface area contributed by atoms with Gasteiger partial charge in [0, 0.05) is 59.3 Å². The lowest BCUT2D eigenvalue weighted by Gasteiger charge is -2.29. The number of rotatable bonds is 7. The van der Waals surface area contributed by atoms with Gasteiger partial charge in [-0.15, -0.1) is 11.3 Å². The molecule has 1 heterocycles. The number of hydrogen-bond acceptors (Lipinski definition) is 3. The second-order valence-electron chi connectivity index (χ2n) is 11.2. The van der Waals surface area contributed by atoms with Crippen LogP contribution in [-0.2, 0) is 0 Å². The Bertz CT molecular complexity index is 2280. The van der Waals surface area contributed by atoms with Gasteiger partial charge in [0.2, 0.25) is 0 Å². The third-order valence-electron chi connectivity index (χ3n) is 8.28. The van der Waals surface area contributed by atoms with Crippen molar-refractivity contribution < 1.29 is 0 Å². The summed E-state index contributed by atoms with van der Waals surface area (Å²) in [5.41, 5.74) is 8.76. The van der Waals surface area contributed by atoms with Crippen LogP contribution in [0.2, 0.25) is 5.02 Å². The van der Waals surface area contributed by atoms with Gasteiger partial charge in [-0.2, -0.15) is 0 Å². The Morgan fingerprint density at radius 3 is 1.59 bits per heavy atom. The molecule has 0 atom stereocenters. The lowest BCUT2D eigenvalue weighted by atomic mass is 10.0. The van der Waals surface area contributed by atoms with E-state index in [4.69, 9.17) is 11.6 Å². The van der Waals surface area contributed by atoms with Gasteiger partial charge in [-0.1, -0.05) is 109 Å². The monoisotopic (exact) mass is 628 g/mol. The van der Waals surface area contributed by atoms with Crippen molar-refractivity contribution in [3.63, 3.8) is 0 Å². The number of halogens is 1. The van der Waals surface area contributed by atoms with Gasteiger partial charge in [0.15, 0.2) is 0 Å². The Balaban J connectivity index is 1.26. The Labute approximate surface area is 278 Å². The molecule has 8 rings (SSSR count). The Hall–Kier alpha value is -5.35. The first-order chi connectivity index (χ1) is 22.7. The maximum absolute atomic E-state index is 6.58. The highest BCUT2D eigenvalue weighted by atomic mass is 35.5. The highest BCUT2D eigenvalue weighted by Crippen LogP contribution is 2.43. The van der Waals surface area contributed by atoms with Gasteiger partial charge in [0.05, 0.1) is 0 Å². The standard InChI is InChI=1S/C42H29ClN2S/c43-32-13-9-16-35(27-32)45(38-25-26-40-39-19-7-8-20-41(39)46-42(40)29-38)37-18-10-17-36(28-37)44(33-14-5-2-6-15-33)34-23-21-31(22-24-34)30-11-3-1-4-12-30/h1-29H. The molecule has 0 aliphatic heterocycles. The molecular weight excluding hydrogens is 600 g/mol. The summed E-state index contributed by atoms with van der Waals surface area (Å²) >= 11 is 8.41. The first kappa shape index (κ1) is 28.1. The fraction of sp³-hybridized carbons (Fsp3) is 0. The van der Waals surface area contributed by atoms with Gasteiger partial charge in [0.25, 0.3) is 0 Å². The number of thiophene rings is 1. The molecule has 0 N–H and O–H groups in total. The van der Waals surface area contributed by atoms with Crippen LogP contribution in [-0.4, -0.2) is 0 Å². The van der Waals surface area contributed by atoms with Crippen LogP contribution in [0.3, 0.4) is 0 Å². The van der Waals surface area contributed by atoms with Gasteiger partial charge in [-0.25, -0.2) is 0 Å². The molecule has 0 radical (unpaired) electrons. The minimum Gasteiger partial charge on any atom is -0.310 e. The largest absolute Gasteiger partial charge is 0.310 e. The second kappa shape index (κ2) is 12.2. The van der Waals surface area contributed by atoms with Gasteiger partial charge in [-0.05, 0) is 90.0 Å². The van der Waals surface area contributed by atoms with Crippen LogP contribution in [0.1, 0.15) is 0 Å². The van der Waals surface area contributed by atoms with E-state index in [-0.39, 0.29) is 0 Å². The summed E-state index contributed by atoms with van der Waals surface area (Å²) in [5, 5.41) is 3.27. The number of benzene rings is 7. The molecular formula is C42H29ClN2S. The number of fused-ring (bicyclic) bond motifs is 3.